The molecule has 2 N–H and O–H groups in total. The first-order valence-electron chi connectivity index (χ1n) is 6.73. The quantitative estimate of drug-likeness (QED) is 0.828. The van der Waals surface area contributed by atoms with Crippen LogP contribution in [0.4, 0.5) is 14.5 Å². The van der Waals surface area contributed by atoms with E-state index in [1.165, 1.54) is 31.3 Å². The van der Waals surface area contributed by atoms with Crippen molar-refractivity contribution in [3.8, 4) is 5.75 Å². The van der Waals surface area contributed by atoms with Gasteiger partial charge in [-0.15, -0.1) is 0 Å². The van der Waals surface area contributed by atoms with E-state index in [4.69, 9.17) is 4.74 Å². The molecule has 1 amide bonds. The van der Waals surface area contributed by atoms with Crippen LogP contribution in [0.2, 0.25) is 0 Å². The van der Waals surface area contributed by atoms with Crippen LogP contribution in [0.1, 0.15) is 0 Å². The third kappa shape index (κ3) is 4.42. The molecular weight excluding hydrogens is 342 g/mol. The lowest BCUT2D eigenvalue weighted by Crippen LogP contribution is -2.24. The Morgan fingerprint density at radius 3 is 2.38 bits per heavy atom. The summed E-state index contributed by atoms with van der Waals surface area (Å²) in [6.45, 7) is -0.207. The van der Waals surface area contributed by atoms with Gasteiger partial charge in [0.05, 0.1) is 10.6 Å². The van der Waals surface area contributed by atoms with Gasteiger partial charge in [0.1, 0.15) is 17.4 Å². The standard InChI is InChI=1S/C15H14F2N2O4S/c1-18-15(20)9-23-11-3-5-12(6-4-11)24(21,22)19-14-7-2-10(16)8-13(14)17/h2-8,19H,9H2,1H3,(H,18,20). The number of carbonyl (C=O) groups excluding carboxylic acids is 1. The molecule has 24 heavy (non-hydrogen) atoms. The first-order valence-corrected chi connectivity index (χ1v) is 8.21. The lowest BCUT2D eigenvalue weighted by atomic mass is 10.3. The lowest BCUT2D eigenvalue weighted by molar-refractivity contribution is -0.122. The molecule has 0 atom stereocenters. The van der Waals surface area contributed by atoms with E-state index in [1.54, 1.807) is 0 Å². The lowest BCUT2D eigenvalue weighted by Gasteiger charge is -2.10. The van der Waals surface area contributed by atoms with Crippen LogP contribution < -0.4 is 14.8 Å². The summed E-state index contributed by atoms with van der Waals surface area (Å²) in [6, 6.07) is 7.70. The molecule has 2 rings (SSSR count). The van der Waals surface area contributed by atoms with Gasteiger partial charge in [-0.1, -0.05) is 0 Å². The Bertz CT molecular complexity index is 839. The Kier molecular flexibility index (Phi) is 5.35. The second-order valence-electron chi connectivity index (χ2n) is 4.66. The molecule has 0 aliphatic heterocycles. The fraction of sp³-hybridized carbons (Fsp3) is 0.133. The van der Waals surface area contributed by atoms with E-state index < -0.39 is 21.7 Å². The SMILES string of the molecule is CNC(=O)COc1ccc(S(=O)(=O)Nc2ccc(F)cc2F)cc1. The van der Waals surface area contributed by atoms with Crippen molar-refractivity contribution in [1.29, 1.82) is 0 Å². The number of ether oxygens (including phenoxy) is 1. The summed E-state index contributed by atoms with van der Waals surface area (Å²) in [5, 5.41) is 2.38. The Morgan fingerprint density at radius 2 is 1.79 bits per heavy atom. The van der Waals surface area contributed by atoms with Crippen molar-refractivity contribution in [1.82, 2.24) is 5.32 Å². The molecular formula is C15H14F2N2O4S. The minimum atomic E-state index is -4.05. The van der Waals surface area contributed by atoms with Gasteiger partial charge in [0, 0.05) is 13.1 Å². The number of sulfonamides is 1. The molecule has 9 heteroatoms. The highest BCUT2D eigenvalue weighted by Crippen LogP contribution is 2.21. The van der Waals surface area contributed by atoms with Gasteiger partial charge in [-0.05, 0) is 36.4 Å². The van der Waals surface area contributed by atoms with Crippen LogP contribution in [0.25, 0.3) is 0 Å². The zero-order valence-electron chi connectivity index (χ0n) is 12.5. The zero-order valence-corrected chi connectivity index (χ0v) is 13.4. The number of carbonyl (C=O) groups is 1. The van der Waals surface area contributed by atoms with Crippen molar-refractivity contribution >= 4 is 21.6 Å². The number of hydrogen-bond donors (Lipinski definition) is 2. The Morgan fingerprint density at radius 1 is 1.12 bits per heavy atom. The fourth-order valence-electron chi connectivity index (χ4n) is 1.71. The first-order chi connectivity index (χ1) is 11.3. The smallest absolute Gasteiger partial charge is 0.261 e. The van der Waals surface area contributed by atoms with E-state index in [1.807, 2.05) is 4.72 Å². The van der Waals surface area contributed by atoms with Crippen molar-refractivity contribution in [2.75, 3.05) is 18.4 Å². The second-order valence-corrected chi connectivity index (χ2v) is 6.35. The fourth-order valence-corrected chi connectivity index (χ4v) is 2.78. The highest BCUT2D eigenvalue weighted by Gasteiger charge is 2.16. The molecule has 0 radical (unpaired) electrons. The molecule has 0 unspecified atom stereocenters. The van der Waals surface area contributed by atoms with Crippen LogP contribution in [-0.4, -0.2) is 28.0 Å². The van der Waals surface area contributed by atoms with E-state index in [-0.39, 0.29) is 23.1 Å². The van der Waals surface area contributed by atoms with Gasteiger partial charge < -0.3 is 10.1 Å². The van der Waals surface area contributed by atoms with Crippen molar-refractivity contribution in [2.45, 2.75) is 4.90 Å². The molecule has 0 spiro atoms. The van der Waals surface area contributed by atoms with Crippen molar-refractivity contribution in [3.05, 3.63) is 54.1 Å². The van der Waals surface area contributed by atoms with Crippen molar-refractivity contribution < 1.29 is 26.7 Å². The van der Waals surface area contributed by atoms with Gasteiger partial charge in [-0.3, -0.25) is 9.52 Å². The van der Waals surface area contributed by atoms with E-state index >= 15 is 0 Å². The third-order valence-corrected chi connectivity index (χ3v) is 4.34. The minimum absolute atomic E-state index is 0.140. The second kappa shape index (κ2) is 7.26. The molecule has 0 saturated carbocycles. The predicted octanol–water partition coefficient (Wildman–Crippen LogP) is 1.89. The summed E-state index contributed by atoms with van der Waals surface area (Å²) in [5.74, 6) is -1.87. The maximum atomic E-state index is 13.5. The number of hydrogen-bond acceptors (Lipinski definition) is 4. The van der Waals surface area contributed by atoms with Crippen molar-refractivity contribution in [2.24, 2.45) is 0 Å². The van der Waals surface area contributed by atoms with Gasteiger partial charge in [0.25, 0.3) is 15.9 Å². The molecule has 0 bridgehead atoms. The molecule has 0 aliphatic carbocycles. The van der Waals surface area contributed by atoms with Crippen LogP contribution >= 0.6 is 0 Å². The molecule has 0 fully saturated rings. The number of benzene rings is 2. The molecule has 0 aliphatic rings. The van der Waals surface area contributed by atoms with Gasteiger partial charge in [0.15, 0.2) is 6.61 Å². The van der Waals surface area contributed by atoms with E-state index in [0.717, 1.165) is 12.1 Å². The summed E-state index contributed by atoms with van der Waals surface area (Å²) in [5.41, 5.74) is -0.364. The molecule has 128 valence electrons. The number of halogens is 2. The van der Waals surface area contributed by atoms with Crippen LogP contribution in [-0.2, 0) is 14.8 Å². The normalized spacial score (nSPS) is 11.0. The highest BCUT2D eigenvalue weighted by molar-refractivity contribution is 7.92. The monoisotopic (exact) mass is 356 g/mol. The van der Waals surface area contributed by atoms with Gasteiger partial charge >= 0.3 is 0 Å². The third-order valence-electron chi connectivity index (χ3n) is 2.96. The number of likely N-dealkylation sites (N-methyl/N-ethyl adjacent to an activating group) is 1. The summed E-state index contributed by atoms with van der Waals surface area (Å²) in [6.07, 6.45) is 0. The van der Waals surface area contributed by atoms with E-state index in [0.29, 0.717) is 11.8 Å². The van der Waals surface area contributed by atoms with E-state index in [9.17, 15) is 22.0 Å². The Labute approximate surface area is 137 Å². The van der Waals surface area contributed by atoms with Crippen LogP contribution in [0, 0.1) is 11.6 Å². The molecule has 2 aromatic rings. The van der Waals surface area contributed by atoms with Gasteiger partial charge in [0.2, 0.25) is 0 Å². The average molecular weight is 356 g/mol. The zero-order chi connectivity index (χ0) is 17.7. The summed E-state index contributed by atoms with van der Waals surface area (Å²) < 4.78 is 57.9. The number of amides is 1. The number of nitrogens with one attached hydrogen (secondary N) is 2. The van der Waals surface area contributed by atoms with Crippen LogP contribution in [0.5, 0.6) is 5.75 Å². The summed E-state index contributed by atoms with van der Waals surface area (Å²) >= 11 is 0. The minimum Gasteiger partial charge on any atom is -0.484 e. The Balaban J connectivity index is 2.13. The molecule has 0 heterocycles. The largest absolute Gasteiger partial charge is 0.484 e. The Hall–Kier alpha value is -2.68. The molecule has 2 aromatic carbocycles. The summed E-state index contributed by atoms with van der Waals surface area (Å²) in [4.78, 5) is 10.9. The van der Waals surface area contributed by atoms with Crippen LogP contribution in [0.15, 0.2) is 47.4 Å². The highest BCUT2D eigenvalue weighted by atomic mass is 32.2. The van der Waals surface area contributed by atoms with Crippen LogP contribution in [0.3, 0.4) is 0 Å². The van der Waals surface area contributed by atoms with Gasteiger partial charge in [-0.25, -0.2) is 17.2 Å². The van der Waals surface area contributed by atoms with Crippen molar-refractivity contribution in [3.63, 3.8) is 0 Å². The topological polar surface area (TPSA) is 84.5 Å². The first kappa shape index (κ1) is 17.7. The molecule has 0 saturated heterocycles. The maximum Gasteiger partial charge on any atom is 0.261 e. The predicted molar refractivity (Wildman–Crippen MR) is 83.2 cm³/mol. The maximum absolute atomic E-state index is 13.5. The number of rotatable bonds is 6. The van der Waals surface area contributed by atoms with E-state index in [2.05, 4.69) is 5.32 Å². The molecule has 0 aromatic heterocycles. The summed E-state index contributed by atoms with van der Waals surface area (Å²) in [7, 11) is -2.59. The number of anilines is 1. The molecule has 6 nitrogen and oxygen atoms in total. The average Bonchev–Trinajstić information content (AvgIpc) is 2.55. The van der Waals surface area contributed by atoms with Gasteiger partial charge in [-0.2, -0.15) is 0 Å².